The second-order valence-corrected chi connectivity index (χ2v) is 5.95. The number of rotatable bonds is 3. The largest absolute Gasteiger partial charge is 0.317 e. The van der Waals surface area contributed by atoms with Crippen LogP contribution in [0.1, 0.15) is 12.8 Å². The zero-order valence-electron chi connectivity index (χ0n) is 10.3. The minimum atomic E-state index is -0.706. The van der Waals surface area contributed by atoms with Gasteiger partial charge in [0.15, 0.2) is 0 Å². The van der Waals surface area contributed by atoms with Crippen LogP contribution in [0.25, 0.3) is 10.6 Å². The molecule has 3 rings (SSSR count). The molecule has 0 saturated heterocycles. The molecular weight excluding hydrogens is 319 g/mol. The molecule has 1 fully saturated rings. The molecule has 1 saturated carbocycles. The molecule has 20 heavy (non-hydrogen) atoms. The number of hydrogen-bond donors (Lipinski definition) is 2. The number of aromatic nitrogens is 2. The van der Waals surface area contributed by atoms with E-state index in [0.717, 1.165) is 18.4 Å². The molecule has 0 spiro atoms. The first-order chi connectivity index (χ1) is 9.07. The fraction of sp³-hybridized carbons (Fsp3) is 0.250. The van der Waals surface area contributed by atoms with Gasteiger partial charge >= 0.3 is 0 Å². The molecule has 2 aromatic rings. The van der Waals surface area contributed by atoms with Crippen LogP contribution in [-0.4, -0.2) is 21.6 Å². The molecule has 0 atom stereocenters. The fourth-order valence-electron chi connectivity index (χ4n) is 1.60. The lowest BCUT2D eigenvalue weighted by Gasteiger charge is -2.05. The Hall–Kier alpha value is -1.21. The first-order valence-corrected chi connectivity index (χ1v) is 6.96. The summed E-state index contributed by atoms with van der Waals surface area (Å²) in [5, 5.41) is 12.5. The summed E-state index contributed by atoms with van der Waals surface area (Å²) in [7, 11) is 0. The lowest BCUT2D eigenvalue weighted by atomic mass is 10.2. The Morgan fingerprint density at radius 2 is 2.15 bits per heavy atom. The van der Waals surface area contributed by atoms with Crippen LogP contribution in [0, 0.1) is 0 Å². The van der Waals surface area contributed by atoms with E-state index >= 15 is 0 Å². The quantitative estimate of drug-likeness (QED) is 0.906. The van der Waals surface area contributed by atoms with Crippen LogP contribution in [0.5, 0.6) is 0 Å². The molecule has 0 aliphatic heterocycles. The normalized spacial score (nSPS) is 15.3. The summed E-state index contributed by atoms with van der Waals surface area (Å²) in [6, 6.07) is 7.33. The summed E-state index contributed by atoms with van der Waals surface area (Å²) in [5.41, 5.74) is 5.97. The number of hydrogen-bond acceptors (Lipinski definition) is 5. The van der Waals surface area contributed by atoms with E-state index in [9.17, 15) is 4.79 Å². The molecule has 1 aliphatic rings. The average molecular weight is 331 g/mol. The fourth-order valence-corrected chi connectivity index (χ4v) is 2.52. The van der Waals surface area contributed by atoms with E-state index < -0.39 is 5.54 Å². The summed E-state index contributed by atoms with van der Waals surface area (Å²) in [4.78, 5) is 11.8. The van der Waals surface area contributed by atoms with Crippen molar-refractivity contribution >= 4 is 46.4 Å². The molecule has 0 unspecified atom stereocenters. The van der Waals surface area contributed by atoms with Crippen molar-refractivity contribution in [1.29, 1.82) is 0 Å². The number of halogens is 2. The first kappa shape index (κ1) is 15.2. The Balaban J connectivity index is 0.00000147. The van der Waals surface area contributed by atoms with Crippen molar-refractivity contribution in [3.63, 3.8) is 0 Å². The molecular formula is C12H12Cl2N4OS. The van der Waals surface area contributed by atoms with E-state index in [-0.39, 0.29) is 18.3 Å². The molecule has 1 amide bonds. The van der Waals surface area contributed by atoms with Crippen molar-refractivity contribution in [3.8, 4) is 10.6 Å². The van der Waals surface area contributed by atoms with Gasteiger partial charge in [-0.25, -0.2) is 0 Å². The van der Waals surface area contributed by atoms with Gasteiger partial charge < -0.3 is 5.73 Å². The third kappa shape index (κ3) is 3.09. The van der Waals surface area contributed by atoms with Gasteiger partial charge in [0.05, 0.1) is 5.54 Å². The van der Waals surface area contributed by atoms with Crippen molar-refractivity contribution in [2.45, 2.75) is 18.4 Å². The van der Waals surface area contributed by atoms with Crippen LogP contribution in [-0.2, 0) is 4.79 Å². The molecule has 1 aromatic carbocycles. The minimum absolute atomic E-state index is 0. The Morgan fingerprint density at radius 1 is 1.40 bits per heavy atom. The average Bonchev–Trinajstić information content (AvgIpc) is 2.97. The predicted octanol–water partition coefficient (Wildman–Crippen LogP) is 2.71. The molecule has 5 nitrogen and oxygen atoms in total. The van der Waals surface area contributed by atoms with Gasteiger partial charge in [0.25, 0.3) is 0 Å². The summed E-state index contributed by atoms with van der Waals surface area (Å²) < 4.78 is 0. The van der Waals surface area contributed by atoms with E-state index in [1.54, 1.807) is 12.1 Å². The van der Waals surface area contributed by atoms with E-state index in [0.29, 0.717) is 15.2 Å². The van der Waals surface area contributed by atoms with Crippen molar-refractivity contribution in [2.24, 2.45) is 5.73 Å². The predicted molar refractivity (Wildman–Crippen MR) is 82.4 cm³/mol. The Morgan fingerprint density at radius 3 is 2.80 bits per heavy atom. The molecule has 0 bridgehead atoms. The standard InChI is InChI=1S/C12H11ClN4OS.ClH/c13-8-3-1-2-7(6-8)9-16-17-11(19-9)15-10(18)12(14)4-5-12;/h1-3,6H,4-5,14H2,(H,15,17,18);1H. The number of anilines is 1. The lowest BCUT2D eigenvalue weighted by Crippen LogP contribution is -2.37. The first-order valence-electron chi connectivity index (χ1n) is 5.77. The molecule has 0 radical (unpaired) electrons. The number of amides is 1. The molecule has 1 aliphatic carbocycles. The van der Waals surface area contributed by atoms with E-state index in [1.165, 1.54) is 11.3 Å². The third-order valence-corrected chi connectivity index (χ3v) is 4.08. The van der Waals surface area contributed by atoms with Crippen molar-refractivity contribution in [3.05, 3.63) is 29.3 Å². The highest BCUT2D eigenvalue weighted by atomic mass is 35.5. The number of nitrogens with zero attached hydrogens (tertiary/aromatic N) is 2. The molecule has 1 heterocycles. The minimum Gasteiger partial charge on any atom is -0.317 e. The van der Waals surface area contributed by atoms with Crippen LogP contribution in [0.4, 0.5) is 5.13 Å². The zero-order valence-corrected chi connectivity index (χ0v) is 12.7. The van der Waals surface area contributed by atoms with Crippen LogP contribution in [0.2, 0.25) is 5.02 Å². The van der Waals surface area contributed by atoms with Crippen molar-refractivity contribution in [1.82, 2.24) is 10.2 Å². The number of carbonyl (C=O) groups excluding carboxylic acids is 1. The van der Waals surface area contributed by atoms with Gasteiger partial charge in [-0.2, -0.15) is 0 Å². The van der Waals surface area contributed by atoms with Gasteiger partial charge in [-0.3, -0.25) is 10.1 Å². The summed E-state index contributed by atoms with van der Waals surface area (Å²) in [6.45, 7) is 0. The van der Waals surface area contributed by atoms with Crippen molar-refractivity contribution in [2.75, 3.05) is 5.32 Å². The summed E-state index contributed by atoms with van der Waals surface area (Å²) in [5.74, 6) is -0.193. The van der Waals surface area contributed by atoms with Crippen LogP contribution >= 0.6 is 35.3 Å². The summed E-state index contributed by atoms with van der Waals surface area (Å²) in [6.07, 6.45) is 1.44. The van der Waals surface area contributed by atoms with Crippen LogP contribution in [0.3, 0.4) is 0 Å². The Bertz CT molecular complexity index is 642. The molecule has 8 heteroatoms. The molecule has 1 aromatic heterocycles. The number of nitrogens with two attached hydrogens (primary N) is 1. The van der Waals surface area contributed by atoms with Crippen molar-refractivity contribution < 1.29 is 4.79 Å². The van der Waals surface area contributed by atoms with Crippen LogP contribution < -0.4 is 11.1 Å². The van der Waals surface area contributed by atoms with Crippen LogP contribution in [0.15, 0.2) is 24.3 Å². The van der Waals surface area contributed by atoms with Gasteiger partial charge in [0.2, 0.25) is 11.0 Å². The lowest BCUT2D eigenvalue weighted by molar-refractivity contribution is -0.118. The number of nitrogens with one attached hydrogen (secondary N) is 1. The zero-order chi connectivity index (χ0) is 13.5. The second-order valence-electron chi connectivity index (χ2n) is 4.53. The van der Waals surface area contributed by atoms with Gasteiger partial charge in [0.1, 0.15) is 5.01 Å². The van der Waals surface area contributed by atoms with E-state index in [2.05, 4.69) is 15.5 Å². The number of carbonyl (C=O) groups is 1. The smallest absolute Gasteiger partial charge is 0.246 e. The van der Waals surface area contributed by atoms with Gasteiger partial charge in [-0.1, -0.05) is 35.1 Å². The Kier molecular flexibility index (Phi) is 4.29. The maximum absolute atomic E-state index is 11.8. The maximum atomic E-state index is 11.8. The highest BCUT2D eigenvalue weighted by molar-refractivity contribution is 7.18. The van der Waals surface area contributed by atoms with E-state index in [1.807, 2.05) is 12.1 Å². The second kappa shape index (κ2) is 5.65. The molecule has 3 N–H and O–H groups in total. The monoisotopic (exact) mass is 330 g/mol. The Labute approximate surface area is 130 Å². The summed E-state index contributed by atoms with van der Waals surface area (Å²) >= 11 is 7.22. The topological polar surface area (TPSA) is 80.9 Å². The third-order valence-electron chi connectivity index (χ3n) is 2.96. The van der Waals surface area contributed by atoms with Gasteiger partial charge in [-0.15, -0.1) is 22.6 Å². The number of benzene rings is 1. The SMILES string of the molecule is Cl.NC1(C(=O)Nc2nnc(-c3cccc(Cl)c3)s2)CC1. The highest BCUT2D eigenvalue weighted by Crippen LogP contribution is 2.34. The highest BCUT2D eigenvalue weighted by Gasteiger charge is 2.46. The van der Waals surface area contributed by atoms with E-state index in [4.69, 9.17) is 17.3 Å². The molecule has 106 valence electrons. The van der Waals surface area contributed by atoms with Gasteiger partial charge in [-0.05, 0) is 25.0 Å². The van der Waals surface area contributed by atoms with Gasteiger partial charge in [0, 0.05) is 10.6 Å². The maximum Gasteiger partial charge on any atom is 0.246 e.